The van der Waals surface area contributed by atoms with Crippen molar-refractivity contribution in [1.29, 1.82) is 0 Å². The van der Waals surface area contributed by atoms with Gasteiger partial charge in [0.25, 0.3) is 0 Å². The van der Waals surface area contributed by atoms with E-state index in [1.807, 2.05) is 6.92 Å². The summed E-state index contributed by atoms with van der Waals surface area (Å²) in [7, 11) is 0. The highest BCUT2D eigenvalue weighted by Crippen LogP contribution is 2.17. The Morgan fingerprint density at radius 3 is 2.67 bits per heavy atom. The Balaban J connectivity index is 2.58. The monoisotopic (exact) mass is 128 g/mol. The van der Waals surface area contributed by atoms with Crippen LogP contribution in [0.1, 0.15) is 19.8 Å². The molecule has 0 amide bonds. The summed E-state index contributed by atoms with van der Waals surface area (Å²) in [6.45, 7) is 1.97. The average Bonchev–Trinajstić information content (AvgIpc) is 1.80. The summed E-state index contributed by atoms with van der Waals surface area (Å²) in [6, 6.07) is 0. The van der Waals surface area contributed by atoms with Gasteiger partial charge < -0.3 is 10.2 Å². The smallest absolute Gasteiger partial charge is 0.0982 e. The molecule has 2 heteroatoms. The summed E-state index contributed by atoms with van der Waals surface area (Å²) in [5.74, 6) is 0. The molecule has 1 aliphatic rings. The number of aliphatic hydroxyl groups excluding tert-OH is 2. The van der Waals surface area contributed by atoms with E-state index in [4.69, 9.17) is 10.2 Å². The van der Waals surface area contributed by atoms with Gasteiger partial charge in [-0.3, -0.25) is 0 Å². The Hall–Kier alpha value is -0.340. The number of hydrogen-bond donors (Lipinski definition) is 2. The zero-order chi connectivity index (χ0) is 6.85. The van der Waals surface area contributed by atoms with Crippen molar-refractivity contribution in [3.63, 3.8) is 0 Å². The molecule has 0 bridgehead atoms. The van der Waals surface area contributed by atoms with Gasteiger partial charge in [0.1, 0.15) is 0 Å². The lowest BCUT2D eigenvalue weighted by atomic mass is 9.96. The Kier molecular flexibility index (Phi) is 1.88. The molecule has 0 saturated heterocycles. The van der Waals surface area contributed by atoms with E-state index in [0.29, 0.717) is 6.42 Å². The highest BCUT2D eigenvalue weighted by Gasteiger charge is 2.17. The van der Waals surface area contributed by atoms with Gasteiger partial charge in [-0.25, -0.2) is 0 Å². The van der Waals surface area contributed by atoms with Crippen LogP contribution in [0.5, 0.6) is 0 Å². The summed E-state index contributed by atoms with van der Waals surface area (Å²) in [5.41, 5.74) is 1.17. The number of aliphatic hydroxyl groups is 2. The summed E-state index contributed by atoms with van der Waals surface area (Å²) in [6.07, 6.45) is 2.17. The Labute approximate surface area is 54.8 Å². The van der Waals surface area contributed by atoms with Crippen molar-refractivity contribution in [2.45, 2.75) is 32.0 Å². The molecule has 0 saturated carbocycles. The normalized spacial score (nSPS) is 36.1. The van der Waals surface area contributed by atoms with Gasteiger partial charge in [-0.1, -0.05) is 11.6 Å². The quantitative estimate of drug-likeness (QED) is 0.465. The highest BCUT2D eigenvalue weighted by atomic mass is 16.3. The van der Waals surface area contributed by atoms with Gasteiger partial charge in [0.2, 0.25) is 0 Å². The third-order valence-electron chi connectivity index (χ3n) is 1.68. The van der Waals surface area contributed by atoms with Crippen molar-refractivity contribution in [1.82, 2.24) is 0 Å². The highest BCUT2D eigenvalue weighted by molar-refractivity contribution is 5.08. The standard InChI is InChI=1S/C7H12O2/c1-5-2-3-6(8)7(9)4-5/h4,6-9H,2-3H2,1H3. The first-order valence-corrected chi connectivity index (χ1v) is 3.23. The molecule has 0 spiro atoms. The second-order valence-electron chi connectivity index (χ2n) is 2.61. The predicted octanol–water partition coefficient (Wildman–Crippen LogP) is 0.448. The van der Waals surface area contributed by atoms with E-state index >= 15 is 0 Å². The largest absolute Gasteiger partial charge is 0.390 e. The number of rotatable bonds is 0. The topological polar surface area (TPSA) is 40.5 Å². The second kappa shape index (κ2) is 2.50. The third-order valence-corrected chi connectivity index (χ3v) is 1.68. The van der Waals surface area contributed by atoms with Crippen molar-refractivity contribution in [3.05, 3.63) is 11.6 Å². The van der Waals surface area contributed by atoms with Crippen molar-refractivity contribution >= 4 is 0 Å². The fourth-order valence-corrected chi connectivity index (χ4v) is 1.03. The Morgan fingerprint density at radius 2 is 2.22 bits per heavy atom. The second-order valence-corrected chi connectivity index (χ2v) is 2.61. The van der Waals surface area contributed by atoms with Crippen LogP contribution in [0.15, 0.2) is 11.6 Å². The first-order chi connectivity index (χ1) is 4.20. The molecule has 0 radical (unpaired) electrons. The fraction of sp³-hybridized carbons (Fsp3) is 0.714. The maximum atomic E-state index is 9.02. The minimum atomic E-state index is -0.626. The number of hydrogen-bond acceptors (Lipinski definition) is 2. The predicted molar refractivity (Wildman–Crippen MR) is 35.0 cm³/mol. The maximum Gasteiger partial charge on any atom is 0.0982 e. The summed E-state index contributed by atoms with van der Waals surface area (Å²) >= 11 is 0. The Bertz CT molecular complexity index is 129. The van der Waals surface area contributed by atoms with Gasteiger partial charge in [0.05, 0.1) is 12.2 Å². The van der Waals surface area contributed by atoms with Crippen molar-refractivity contribution < 1.29 is 10.2 Å². The van der Waals surface area contributed by atoms with Gasteiger partial charge in [-0.2, -0.15) is 0 Å². The van der Waals surface area contributed by atoms with Gasteiger partial charge in [0, 0.05) is 0 Å². The van der Waals surface area contributed by atoms with Crippen LogP contribution in [0.4, 0.5) is 0 Å². The molecular formula is C7H12O2. The van der Waals surface area contributed by atoms with Crippen LogP contribution in [-0.4, -0.2) is 22.4 Å². The molecule has 2 atom stereocenters. The molecule has 2 unspecified atom stereocenters. The van der Waals surface area contributed by atoms with Crippen LogP contribution >= 0.6 is 0 Å². The van der Waals surface area contributed by atoms with Gasteiger partial charge in [-0.15, -0.1) is 0 Å². The molecule has 0 aromatic heterocycles. The lowest BCUT2D eigenvalue weighted by Gasteiger charge is -2.20. The van der Waals surface area contributed by atoms with Crippen LogP contribution < -0.4 is 0 Å². The summed E-state index contributed by atoms with van der Waals surface area (Å²) < 4.78 is 0. The molecular weight excluding hydrogens is 116 g/mol. The lowest BCUT2D eigenvalue weighted by molar-refractivity contribution is 0.0373. The summed E-state index contributed by atoms with van der Waals surface area (Å²) in [5, 5.41) is 18.0. The molecule has 0 aromatic rings. The molecule has 0 aliphatic heterocycles. The van der Waals surface area contributed by atoms with E-state index in [9.17, 15) is 0 Å². The number of allylic oxidation sites excluding steroid dienone is 1. The van der Waals surface area contributed by atoms with Crippen LogP contribution in [-0.2, 0) is 0 Å². The lowest BCUT2D eigenvalue weighted by Crippen LogP contribution is -2.26. The first-order valence-electron chi connectivity index (χ1n) is 3.23. The average molecular weight is 128 g/mol. The van der Waals surface area contributed by atoms with Crippen molar-refractivity contribution in [3.8, 4) is 0 Å². The van der Waals surface area contributed by atoms with Gasteiger partial charge in [-0.05, 0) is 19.8 Å². The van der Waals surface area contributed by atoms with Gasteiger partial charge >= 0.3 is 0 Å². The van der Waals surface area contributed by atoms with Crippen molar-refractivity contribution in [2.75, 3.05) is 0 Å². The molecule has 9 heavy (non-hydrogen) atoms. The molecule has 2 nitrogen and oxygen atoms in total. The van der Waals surface area contributed by atoms with E-state index in [2.05, 4.69) is 0 Å². The minimum Gasteiger partial charge on any atom is -0.390 e. The zero-order valence-corrected chi connectivity index (χ0v) is 5.54. The SMILES string of the molecule is CC1=CC(O)C(O)CC1. The van der Waals surface area contributed by atoms with E-state index in [1.54, 1.807) is 6.08 Å². The van der Waals surface area contributed by atoms with Gasteiger partial charge in [0.15, 0.2) is 0 Å². The first kappa shape index (κ1) is 6.78. The van der Waals surface area contributed by atoms with E-state index in [0.717, 1.165) is 6.42 Å². The minimum absolute atomic E-state index is 0.534. The van der Waals surface area contributed by atoms with E-state index < -0.39 is 12.2 Å². The molecule has 1 aliphatic carbocycles. The molecule has 0 aromatic carbocycles. The van der Waals surface area contributed by atoms with E-state index in [1.165, 1.54) is 5.57 Å². The van der Waals surface area contributed by atoms with Crippen LogP contribution in [0.2, 0.25) is 0 Å². The third kappa shape index (κ3) is 1.53. The fourth-order valence-electron chi connectivity index (χ4n) is 1.03. The zero-order valence-electron chi connectivity index (χ0n) is 5.54. The summed E-state index contributed by atoms with van der Waals surface area (Å²) in [4.78, 5) is 0. The molecule has 0 fully saturated rings. The Morgan fingerprint density at radius 1 is 1.56 bits per heavy atom. The van der Waals surface area contributed by atoms with Crippen molar-refractivity contribution in [2.24, 2.45) is 0 Å². The maximum absolute atomic E-state index is 9.02. The van der Waals surface area contributed by atoms with Crippen LogP contribution in [0, 0.1) is 0 Å². The van der Waals surface area contributed by atoms with E-state index in [-0.39, 0.29) is 0 Å². The molecule has 0 heterocycles. The van der Waals surface area contributed by atoms with Crippen LogP contribution in [0.3, 0.4) is 0 Å². The molecule has 2 N–H and O–H groups in total. The van der Waals surface area contributed by atoms with Crippen LogP contribution in [0.25, 0.3) is 0 Å². The molecule has 52 valence electrons. The molecule has 1 rings (SSSR count).